The molecule has 0 atom stereocenters. The van der Waals surface area contributed by atoms with Crippen LogP contribution in [0, 0.1) is 0 Å². The zero-order chi connectivity index (χ0) is 9.94. The van der Waals surface area contributed by atoms with Crippen molar-refractivity contribution in [1.29, 1.82) is 0 Å². The third kappa shape index (κ3) is 10.6. The van der Waals surface area contributed by atoms with Gasteiger partial charge in [0.1, 0.15) is 0 Å². The van der Waals surface area contributed by atoms with Crippen molar-refractivity contribution in [3.8, 4) is 0 Å². The van der Waals surface area contributed by atoms with E-state index in [1.807, 2.05) is 34.1 Å². The van der Waals surface area contributed by atoms with Gasteiger partial charge in [0, 0.05) is 34.9 Å². The fourth-order valence-electron chi connectivity index (χ4n) is 0.439. The van der Waals surface area contributed by atoms with E-state index < -0.39 is 0 Å². The first kappa shape index (κ1) is 15.3. The zero-order valence-electron chi connectivity index (χ0n) is 7.05. The Balaban J connectivity index is 3.47. The molecule has 13 heavy (non-hydrogen) atoms. The normalized spacial score (nSPS) is 11.1. The maximum absolute atomic E-state index is 5.63. The second kappa shape index (κ2) is 12.4. The van der Waals surface area contributed by atoms with E-state index in [4.69, 9.17) is 34.8 Å². The van der Waals surface area contributed by atoms with Gasteiger partial charge in [0.25, 0.3) is 0 Å². The highest BCUT2D eigenvalue weighted by molar-refractivity contribution is 9.12. The first-order chi connectivity index (χ1) is 6.35. The van der Waals surface area contributed by atoms with Crippen molar-refractivity contribution in [3.05, 3.63) is 0 Å². The van der Waals surface area contributed by atoms with Crippen LogP contribution in [-0.4, -0.2) is 34.9 Å². The van der Waals surface area contributed by atoms with Gasteiger partial charge in [0.2, 0.25) is 0 Å². The summed E-state index contributed by atoms with van der Waals surface area (Å²) < 4.78 is 0. The maximum atomic E-state index is 5.63. The minimum atomic E-state index is -0.0817. The molecule has 0 aliphatic heterocycles. The van der Waals surface area contributed by atoms with Crippen LogP contribution in [0.4, 0.5) is 0 Å². The molecule has 0 bridgehead atoms. The topological polar surface area (TPSA) is 0 Å². The molecule has 7 heteroatoms. The molecule has 0 saturated heterocycles. The van der Waals surface area contributed by atoms with Crippen LogP contribution in [0.15, 0.2) is 0 Å². The van der Waals surface area contributed by atoms with Gasteiger partial charge in [-0.3, -0.25) is 0 Å². The highest BCUT2D eigenvalue weighted by atomic mass is 35.5. The number of halogens is 3. The van der Waals surface area contributed by atoms with Crippen LogP contribution in [-0.2, 0) is 0 Å². The first-order valence-electron chi connectivity index (χ1n) is 3.72. The highest BCUT2D eigenvalue weighted by Crippen LogP contribution is 2.70. The van der Waals surface area contributed by atoms with Gasteiger partial charge in [-0.15, -0.1) is 68.9 Å². The first-order valence-corrected chi connectivity index (χ1v) is 11.4. The summed E-state index contributed by atoms with van der Waals surface area (Å²) in [7, 11) is 0. The van der Waals surface area contributed by atoms with Gasteiger partial charge in [-0.25, -0.2) is 0 Å². The molecule has 0 aliphatic carbocycles. The SMILES string of the molecule is ClCCSP(SCCCl)SCCCl. The van der Waals surface area contributed by atoms with E-state index in [1.165, 1.54) is 0 Å². The average Bonchev–Trinajstić information content (AvgIpc) is 2.17. The van der Waals surface area contributed by atoms with E-state index in [9.17, 15) is 0 Å². The lowest BCUT2D eigenvalue weighted by molar-refractivity contribution is 1.55. The summed E-state index contributed by atoms with van der Waals surface area (Å²) in [6.45, 7) is 0. The molecule has 0 aromatic heterocycles. The summed E-state index contributed by atoms with van der Waals surface area (Å²) in [5.41, 5.74) is -0.0817. The molecule has 0 aliphatic rings. The van der Waals surface area contributed by atoms with Crippen LogP contribution < -0.4 is 0 Å². The molecule has 0 unspecified atom stereocenters. The number of alkyl halides is 3. The Morgan fingerprint density at radius 1 is 0.692 bits per heavy atom. The van der Waals surface area contributed by atoms with E-state index >= 15 is 0 Å². The Bertz CT molecular complexity index is 90.1. The molecule has 0 spiro atoms. The summed E-state index contributed by atoms with van der Waals surface area (Å²) in [6.07, 6.45) is 0. The Labute approximate surface area is 109 Å². The monoisotopic (exact) mass is 316 g/mol. The third-order valence-corrected chi connectivity index (χ3v) is 13.1. The van der Waals surface area contributed by atoms with E-state index in [-0.39, 0.29) is 5.53 Å². The summed E-state index contributed by atoms with van der Waals surface area (Å²) in [5, 5.41) is 0. The summed E-state index contributed by atoms with van der Waals surface area (Å²) >= 11 is 22.7. The van der Waals surface area contributed by atoms with Crippen LogP contribution in [0.2, 0.25) is 0 Å². The van der Waals surface area contributed by atoms with Crippen LogP contribution in [0.5, 0.6) is 0 Å². The van der Waals surface area contributed by atoms with Gasteiger partial charge in [0.05, 0.1) is 5.53 Å². The van der Waals surface area contributed by atoms with Crippen LogP contribution >= 0.6 is 74.5 Å². The molecule has 0 aromatic rings. The van der Waals surface area contributed by atoms with Gasteiger partial charge < -0.3 is 0 Å². The largest absolute Gasteiger partial charge is 0.126 e. The Hall–Kier alpha value is 2.35. The van der Waals surface area contributed by atoms with Crippen LogP contribution in [0.25, 0.3) is 0 Å². The van der Waals surface area contributed by atoms with Crippen LogP contribution in [0.3, 0.4) is 0 Å². The minimum Gasteiger partial charge on any atom is -0.126 e. The van der Waals surface area contributed by atoms with E-state index in [0.717, 1.165) is 34.9 Å². The lowest BCUT2D eigenvalue weighted by Crippen LogP contribution is -1.80. The Morgan fingerprint density at radius 2 is 1.00 bits per heavy atom. The number of rotatable bonds is 9. The Kier molecular flexibility index (Phi) is 14.7. The molecule has 80 valence electrons. The molecule has 0 fully saturated rings. The second-order valence-corrected chi connectivity index (χ2v) is 13.1. The fourth-order valence-corrected chi connectivity index (χ4v) is 11.9. The lowest BCUT2D eigenvalue weighted by atomic mass is 11.0. The molecule has 0 rings (SSSR count). The standard InChI is InChI=1S/C6H12Cl3PS3/c7-1-4-11-10(12-5-2-8)13-6-3-9/h1-6H2. The van der Waals surface area contributed by atoms with Gasteiger partial charge in [-0.05, 0) is 0 Å². The smallest absolute Gasteiger partial charge is 0.0730 e. The number of hydrogen-bond acceptors (Lipinski definition) is 3. The molecule has 0 nitrogen and oxygen atoms in total. The van der Waals surface area contributed by atoms with E-state index in [0.29, 0.717) is 0 Å². The van der Waals surface area contributed by atoms with Gasteiger partial charge >= 0.3 is 0 Å². The molecular weight excluding hydrogens is 306 g/mol. The molecule has 0 radical (unpaired) electrons. The average molecular weight is 318 g/mol. The predicted molar refractivity (Wildman–Crippen MR) is 76.5 cm³/mol. The number of hydrogen-bond donors (Lipinski definition) is 0. The van der Waals surface area contributed by atoms with Crippen molar-refractivity contribution in [1.82, 2.24) is 0 Å². The van der Waals surface area contributed by atoms with Crippen molar-refractivity contribution in [3.63, 3.8) is 0 Å². The minimum absolute atomic E-state index is 0.0817. The van der Waals surface area contributed by atoms with Crippen molar-refractivity contribution >= 4 is 74.5 Å². The molecule has 0 aromatic carbocycles. The summed E-state index contributed by atoms with van der Waals surface area (Å²) in [4.78, 5) is 0. The van der Waals surface area contributed by atoms with Crippen molar-refractivity contribution in [2.45, 2.75) is 0 Å². The maximum Gasteiger partial charge on any atom is 0.0730 e. The van der Waals surface area contributed by atoms with Gasteiger partial charge in [0.15, 0.2) is 0 Å². The summed E-state index contributed by atoms with van der Waals surface area (Å²) in [5.74, 6) is 5.26. The fraction of sp³-hybridized carbons (Fsp3) is 1.00. The van der Waals surface area contributed by atoms with E-state index in [2.05, 4.69) is 0 Å². The third-order valence-electron chi connectivity index (χ3n) is 0.822. The zero-order valence-corrected chi connectivity index (χ0v) is 12.7. The predicted octanol–water partition coefficient (Wildman–Crippen LogP) is 5.13. The van der Waals surface area contributed by atoms with Gasteiger partial charge in [-0.2, -0.15) is 0 Å². The molecule has 0 heterocycles. The second-order valence-electron chi connectivity index (χ2n) is 1.79. The van der Waals surface area contributed by atoms with Crippen molar-refractivity contribution in [2.75, 3.05) is 34.9 Å². The van der Waals surface area contributed by atoms with Crippen molar-refractivity contribution < 1.29 is 0 Å². The van der Waals surface area contributed by atoms with E-state index in [1.54, 1.807) is 0 Å². The molecular formula is C6H12Cl3PS3. The quantitative estimate of drug-likeness (QED) is 0.427. The summed E-state index contributed by atoms with van der Waals surface area (Å²) in [6, 6.07) is 0. The Morgan fingerprint density at radius 3 is 1.23 bits per heavy atom. The molecule has 0 saturated carbocycles. The molecule has 0 N–H and O–H groups in total. The van der Waals surface area contributed by atoms with Gasteiger partial charge in [-0.1, -0.05) is 0 Å². The highest BCUT2D eigenvalue weighted by Gasteiger charge is 2.09. The van der Waals surface area contributed by atoms with Crippen molar-refractivity contribution in [2.24, 2.45) is 0 Å². The lowest BCUT2D eigenvalue weighted by Gasteiger charge is -2.13. The van der Waals surface area contributed by atoms with Crippen LogP contribution in [0.1, 0.15) is 0 Å². The molecule has 0 amide bonds.